The Morgan fingerprint density at radius 3 is 2.07 bits per heavy atom. The summed E-state index contributed by atoms with van der Waals surface area (Å²) in [4.78, 5) is 2.33. The summed E-state index contributed by atoms with van der Waals surface area (Å²) in [5.74, 6) is 1.77. The van der Waals surface area contributed by atoms with Crippen LogP contribution < -0.4 is 16.0 Å². The van der Waals surface area contributed by atoms with Crippen LogP contribution >= 0.6 is 0 Å². The summed E-state index contributed by atoms with van der Waals surface area (Å²) in [6, 6.07) is 57.8. The van der Waals surface area contributed by atoms with E-state index in [2.05, 4.69) is 150 Å². The predicted molar refractivity (Wildman–Crippen MR) is 228 cm³/mol. The van der Waals surface area contributed by atoms with Crippen LogP contribution in [0.25, 0.3) is 55.5 Å². The van der Waals surface area contributed by atoms with Crippen LogP contribution in [0.4, 0.5) is 22.7 Å². The summed E-state index contributed by atoms with van der Waals surface area (Å²) in [6.07, 6.45) is 6.36. The molecule has 5 nitrogen and oxygen atoms in total. The number of nitrogens with one attached hydrogen (secondary N) is 1. The maximum absolute atomic E-state index is 6.39. The SMILES string of the molecule is N/C=C\c1c(Cc2ccc(N(c3ccc(C4=CCNc5c4oc4ccccc54)cc3)c3cccc(-c4cccc5ccccc45)c3)cc2)oc2ccccc12. The zero-order valence-electron chi connectivity index (χ0n) is 30.1. The van der Waals surface area contributed by atoms with E-state index in [4.69, 9.17) is 14.6 Å². The molecule has 7 aromatic carbocycles. The Bertz CT molecular complexity index is 2910. The molecule has 0 unspecified atom stereocenters. The molecule has 1 aliphatic rings. The number of fused-ring (bicyclic) bond motifs is 5. The largest absolute Gasteiger partial charge is 0.460 e. The van der Waals surface area contributed by atoms with Crippen molar-refractivity contribution >= 4 is 67.1 Å². The molecule has 3 heterocycles. The highest BCUT2D eigenvalue weighted by Crippen LogP contribution is 2.42. The van der Waals surface area contributed by atoms with Crippen LogP contribution in [0.5, 0.6) is 0 Å². The highest BCUT2D eigenvalue weighted by molar-refractivity contribution is 6.01. The van der Waals surface area contributed by atoms with E-state index in [0.717, 1.165) is 90.6 Å². The number of furan rings is 2. The van der Waals surface area contributed by atoms with Crippen molar-refractivity contribution in [3.8, 4) is 11.1 Å². The zero-order valence-corrected chi connectivity index (χ0v) is 30.1. The fraction of sp³-hybridized carbons (Fsp3) is 0.0400. The van der Waals surface area contributed by atoms with Crippen molar-refractivity contribution < 1.29 is 8.83 Å². The molecule has 55 heavy (non-hydrogen) atoms. The number of nitrogens with zero attached hydrogens (tertiary/aromatic N) is 1. The van der Waals surface area contributed by atoms with Crippen LogP contribution in [-0.2, 0) is 6.42 Å². The maximum Gasteiger partial charge on any atom is 0.158 e. The third kappa shape index (κ3) is 5.83. The maximum atomic E-state index is 6.39. The second kappa shape index (κ2) is 13.6. The van der Waals surface area contributed by atoms with E-state index < -0.39 is 0 Å². The van der Waals surface area contributed by atoms with Gasteiger partial charge < -0.3 is 24.8 Å². The fourth-order valence-electron chi connectivity index (χ4n) is 8.01. The normalized spacial score (nSPS) is 12.6. The van der Waals surface area contributed by atoms with Crippen LogP contribution in [0.15, 0.2) is 185 Å². The number of para-hydroxylation sites is 2. The first-order valence-corrected chi connectivity index (χ1v) is 18.6. The summed E-state index contributed by atoms with van der Waals surface area (Å²) < 4.78 is 12.7. The summed E-state index contributed by atoms with van der Waals surface area (Å²) >= 11 is 0. The third-order valence-electron chi connectivity index (χ3n) is 10.6. The molecule has 9 aromatic rings. The minimum Gasteiger partial charge on any atom is -0.460 e. The number of benzene rings is 7. The molecule has 2 aromatic heterocycles. The molecule has 5 heteroatoms. The topological polar surface area (TPSA) is 67.6 Å². The second-order valence-corrected chi connectivity index (χ2v) is 13.9. The van der Waals surface area contributed by atoms with E-state index >= 15 is 0 Å². The van der Waals surface area contributed by atoms with E-state index in [1.165, 1.54) is 16.3 Å². The van der Waals surface area contributed by atoms with Gasteiger partial charge in [-0.05, 0) is 99.9 Å². The number of hydrogen-bond acceptors (Lipinski definition) is 5. The van der Waals surface area contributed by atoms with E-state index in [1.807, 2.05) is 36.4 Å². The van der Waals surface area contributed by atoms with Gasteiger partial charge in [0.25, 0.3) is 0 Å². The lowest BCUT2D eigenvalue weighted by atomic mass is 9.97. The predicted octanol–water partition coefficient (Wildman–Crippen LogP) is 12.8. The molecule has 0 spiro atoms. The number of anilines is 4. The van der Waals surface area contributed by atoms with Crippen LogP contribution in [0.1, 0.15) is 28.2 Å². The third-order valence-corrected chi connectivity index (χ3v) is 10.6. The van der Waals surface area contributed by atoms with Crippen LogP contribution in [0, 0.1) is 0 Å². The molecule has 264 valence electrons. The highest BCUT2D eigenvalue weighted by Gasteiger charge is 2.22. The quantitative estimate of drug-likeness (QED) is 0.164. The molecule has 0 saturated heterocycles. The molecule has 10 rings (SSSR count). The number of nitrogens with two attached hydrogens (primary N) is 1. The lowest BCUT2D eigenvalue weighted by Crippen LogP contribution is -2.10. The Labute approximate surface area is 319 Å². The van der Waals surface area contributed by atoms with Crippen molar-refractivity contribution in [2.24, 2.45) is 5.73 Å². The van der Waals surface area contributed by atoms with Gasteiger partial charge in [0.2, 0.25) is 0 Å². The highest BCUT2D eigenvalue weighted by atomic mass is 16.3. The summed E-state index contributed by atoms with van der Waals surface area (Å²) in [5, 5.41) is 8.16. The lowest BCUT2D eigenvalue weighted by Gasteiger charge is -2.27. The van der Waals surface area contributed by atoms with Crippen LogP contribution in [0.3, 0.4) is 0 Å². The van der Waals surface area contributed by atoms with Gasteiger partial charge in [-0.1, -0.05) is 115 Å². The van der Waals surface area contributed by atoms with Gasteiger partial charge in [-0.2, -0.15) is 0 Å². The molecule has 0 fully saturated rings. The first-order chi connectivity index (χ1) is 27.2. The van der Waals surface area contributed by atoms with Crippen molar-refractivity contribution in [3.63, 3.8) is 0 Å². The fourth-order valence-corrected chi connectivity index (χ4v) is 8.01. The Morgan fingerprint density at radius 2 is 1.27 bits per heavy atom. The lowest BCUT2D eigenvalue weighted by molar-refractivity contribution is 0.561. The average molecular weight is 712 g/mol. The Morgan fingerprint density at radius 1 is 0.600 bits per heavy atom. The first kappa shape index (κ1) is 32.4. The number of hydrogen-bond donors (Lipinski definition) is 2. The van der Waals surface area contributed by atoms with Gasteiger partial charge >= 0.3 is 0 Å². The molecule has 0 aliphatic carbocycles. The van der Waals surface area contributed by atoms with Gasteiger partial charge in [-0.15, -0.1) is 0 Å². The van der Waals surface area contributed by atoms with E-state index in [9.17, 15) is 0 Å². The average Bonchev–Trinajstić information content (AvgIpc) is 3.80. The monoisotopic (exact) mass is 711 g/mol. The minimum absolute atomic E-state index is 0.646. The van der Waals surface area contributed by atoms with Crippen molar-refractivity contribution in [2.45, 2.75) is 6.42 Å². The van der Waals surface area contributed by atoms with Gasteiger partial charge in [0.05, 0.1) is 5.69 Å². The Kier molecular flexibility index (Phi) is 8.03. The van der Waals surface area contributed by atoms with Gasteiger partial charge in [-0.25, -0.2) is 0 Å². The molecule has 0 bridgehead atoms. The standard InChI is InChI=1S/C50H37N3O2/c51-29-27-44-43-14-3-5-17-46(43)54-48(44)31-33-19-23-37(24-20-33)53(39-12-7-11-36(32-39)41-16-8-10-34-9-1-2-13-40(34)41)38-25-21-35(22-26-38)42-28-30-52-49-45-15-4-6-18-47(45)55-50(42)49/h1-29,32,52H,30-31,51H2/b29-27-. The molecule has 0 radical (unpaired) electrons. The number of rotatable bonds is 8. The summed E-state index contributed by atoms with van der Waals surface area (Å²) in [6.45, 7) is 0.741. The van der Waals surface area contributed by atoms with Gasteiger partial charge in [-0.3, -0.25) is 0 Å². The minimum atomic E-state index is 0.646. The van der Waals surface area contributed by atoms with Gasteiger partial charge in [0.15, 0.2) is 5.76 Å². The Hall–Kier alpha value is -7.24. The van der Waals surface area contributed by atoms with Crippen LogP contribution in [0.2, 0.25) is 0 Å². The molecule has 0 amide bonds. The van der Waals surface area contributed by atoms with Crippen molar-refractivity contribution in [2.75, 3.05) is 16.8 Å². The van der Waals surface area contributed by atoms with E-state index in [1.54, 1.807) is 6.20 Å². The van der Waals surface area contributed by atoms with Crippen molar-refractivity contribution in [1.29, 1.82) is 0 Å². The van der Waals surface area contributed by atoms with Crippen molar-refractivity contribution in [3.05, 3.63) is 204 Å². The molecule has 3 N–H and O–H groups in total. The zero-order chi connectivity index (χ0) is 36.7. The molecule has 0 saturated carbocycles. The smallest absolute Gasteiger partial charge is 0.158 e. The van der Waals surface area contributed by atoms with Crippen molar-refractivity contribution in [1.82, 2.24) is 0 Å². The van der Waals surface area contributed by atoms with E-state index in [-0.39, 0.29) is 0 Å². The van der Waals surface area contributed by atoms with E-state index in [0.29, 0.717) is 6.42 Å². The summed E-state index contributed by atoms with van der Waals surface area (Å²) in [7, 11) is 0. The molecular formula is C50H37N3O2. The Balaban J connectivity index is 1.04. The molecular weight excluding hydrogens is 675 g/mol. The van der Waals surface area contributed by atoms with Gasteiger partial charge in [0.1, 0.15) is 16.9 Å². The summed E-state index contributed by atoms with van der Waals surface area (Å²) in [5.41, 5.74) is 18.6. The molecule has 1 aliphatic heterocycles. The molecule has 0 atom stereocenters. The van der Waals surface area contributed by atoms with Gasteiger partial charge in [0, 0.05) is 51.9 Å². The first-order valence-electron chi connectivity index (χ1n) is 18.6. The van der Waals surface area contributed by atoms with Crippen LogP contribution in [-0.4, -0.2) is 6.54 Å². The second-order valence-electron chi connectivity index (χ2n) is 13.9.